The summed E-state index contributed by atoms with van der Waals surface area (Å²) in [4.78, 5) is 36.4. The average Bonchev–Trinajstić information content (AvgIpc) is 2.89. The zero-order valence-corrected chi connectivity index (χ0v) is 20.7. The van der Waals surface area contributed by atoms with Gasteiger partial charge in [0.2, 0.25) is 0 Å². The Labute approximate surface area is 221 Å². The van der Waals surface area contributed by atoms with Crippen molar-refractivity contribution in [2.75, 3.05) is 19.0 Å². The molecule has 16 heteroatoms. The lowest BCUT2D eigenvalue weighted by Crippen LogP contribution is -2.31. The van der Waals surface area contributed by atoms with Gasteiger partial charge >= 0.3 is 6.18 Å². The molecule has 0 radical (unpaired) electrons. The number of aryl methyl sites for hydroxylation is 1. The number of halogens is 6. The number of methoxy groups -OCH3 is 1. The summed E-state index contributed by atoms with van der Waals surface area (Å²) in [5.41, 5.74) is -4.33. The molecule has 0 saturated heterocycles. The summed E-state index contributed by atoms with van der Waals surface area (Å²) >= 11 is 0. The van der Waals surface area contributed by atoms with Crippen molar-refractivity contribution >= 4 is 16.6 Å². The number of hydrogen-bond acceptors (Lipinski definition) is 8. The molecular weight excluding hydrogens is 548 g/mol. The molecule has 0 amide bonds. The topological polar surface area (TPSA) is 128 Å². The normalized spacial score (nSPS) is 12.7. The fourth-order valence-corrected chi connectivity index (χ4v) is 4.01. The van der Waals surface area contributed by atoms with Crippen LogP contribution < -0.4 is 16.4 Å². The first-order valence-electron chi connectivity index (χ1n) is 11.7. The van der Waals surface area contributed by atoms with Gasteiger partial charge in [-0.05, 0) is 25.0 Å². The third-order valence-corrected chi connectivity index (χ3v) is 5.90. The standard InChI is InChI=1S/C24H21F6N7O3/c1-40-10-13(35-18-9-34-36-22(38)19(18)24(28,29)30)3-2-4-37-11-33-17-6-14(16(25)5-15(17)23(37)39)21-31-7-12(8-32-21)20(26)27/h5-9,11,13,20H,2-4,10H2,1H3,(H2,35,36,38)/t13-/m1/s1. The molecule has 1 aromatic carbocycles. The molecule has 2 N–H and O–H groups in total. The van der Waals surface area contributed by atoms with E-state index in [1.165, 1.54) is 24.1 Å². The van der Waals surface area contributed by atoms with Crippen LogP contribution >= 0.6 is 0 Å². The summed E-state index contributed by atoms with van der Waals surface area (Å²) in [6, 6.07) is 1.52. The summed E-state index contributed by atoms with van der Waals surface area (Å²) < 4.78 is 86.7. The van der Waals surface area contributed by atoms with Crippen molar-refractivity contribution in [2.45, 2.75) is 38.0 Å². The zero-order valence-electron chi connectivity index (χ0n) is 20.7. The lowest BCUT2D eigenvalue weighted by Gasteiger charge is -2.21. The van der Waals surface area contributed by atoms with Gasteiger partial charge in [0, 0.05) is 32.1 Å². The molecule has 1 atom stereocenters. The predicted molar refractivity (Wildman–Crippen MR) is 130 cm³/mol. The second-order valence-corrected chi connectivity index (χ2v) is 8.66. The lowest BCUT2D eigenvalue weighted by molar-refractivity contribution is -0.138. The van der Waals surface area contributed by atoms with E-state index in [0.717, 1.165) is 24.7 Å². The fourth-order valence-electron chi connectivity index (χ4n) is 4.01. The number of nitrogens with zero attached hydrogens (tertiary/aromatic N) is 5. The quantitative estimate of drug-likeness (QED) is 0.275. The number of aromatic amines is 1. The molecule has 4 rings (SSSR count). The molecular formula is C24H21F6N7O3. The maximum Gasteiger partial charge on any atom is 0.423 e. The van der Waals surface area contributed by atoms with Crippen molar-refractivity contribution in [2.24, 2.45) is 0 Å². The van der Waals surface area contributed by atoms with Crippen molar-refractivity contribution in [3.63, 3.8) is 0 Å². The Morgan fingerprint density at radius 3 is 2.48 bits per heavy atom. The molecule has 3 aromatic heterocycles. The summed E-state index contributed by atoms with van der Waals surface area (Å²) in [6.07, 6.45) is -3.36. The SMILES string of the molecule is COC[C@@H](CCCn1cnc2cc(-c3ncc(C(F)F)cn3)c(F)cc2c1=O)Nc1cn[nH]c(=O)c1C(F)(F)F. The second-order valence-electron chi connectivity index (χ2n) is 8.66. The van der Waals surface area contributed by atoms with Gasteiger partial charge in [-0.2, -0.15) is 18.3 Å². The van der Waals surface area contributed by atoms with Gasteiger partial charge in [-0.15, -0.1) is 0 Å². The Morgan fingerprint density at radius 1 is 1.10 bits per heavy atom. The number of alkyl halides is 5. The molecule has 10 nitrogen and oxygen atoms in total. The number of nitrogens with one attached hydrogen (secondary N) is 2. The molecule has 40 heavy (non-hydrogen) atoms. The predicted octanol–water partition coefficient (Wildman–Crippen LogP) is 3.94. The number of rotatable bonds is 10. The molecule has 0 bridgehead atoms. The maximum atomic E-state index is 14.8. The van der Waals surface area contributed by atoms with Gasteiger partial charge in [0.15, 0.2) is 5.82 Å². The monoisotopic (exact) mass is 569 g/mol. The van der Waals surface area contributed by atoms with Gasteiger partial charge < -0.3 is 10.1 Å². The summed E-state index contributed by atoms with van der Waals surface area (Å²) in [5, 5.41) is 7.76. The molecule has 212 valence electrons. The van der Waals surface area contributed by atoms with Gasteiger partial charge in [0.1, 0.15) is 11.4 Å². The molecule has 0 spiro atoms. The molecule has 0 aliphatic rings. The minimum atomic E-state index is -4.92. The Kier molecular flexibility index (Phi) is 8.46. The number of ether oxygens (including phenoxy) is 1. The average molecular weight is 569 g/mol. The van der Waals surface area contributed by atoms with Gasteiger partial charge in [-0.1, -0.05) is 0 Å². The summed E-state index contributed by atoms with van der Waals surface area (Å²) in [6.45, 7) is 0.0777. The fraction of sp³-hybridized carbons (Fsp3) is 0.333. The molecule has 0 fully saturated rings. The highest BCUT2D eigenvalue weighted by Crippen LogP contribution is 2.32. The van der Waals surface area contributed by atoms with Gasteiger partial charge in [-0.25, -0.2) is 33.2 Å². The van der Waals surface area contributed by atoms with E-state index in [2.05, 4.69) is 25.4 Å². The van der Waals surface area contributed by atoms with E-state index in [1.54, 1.807) is 5.10 Å². The minimum absolute atomic E-state index is 0.0106. The third-order valence-electron chi connectivity index (χ3n) is 5.90. The van der Waals surface area contributed by atoms with Gasteiger partial charge in [-0.3, -0.25) is 14.2 Å². The lowest BCUT2D eigenvalue weighted by atomic mass is 10.1. The second kappa shape index (κ2) is 11.8. The number of benzene rings is 1. The van der Waals surface area contributed by atoms with Crippen LogP contribution in [0, 0.1) is 5.82 Å². The van der Waals surface area contributed by atoms with E-state index in [1.807, 2.05) is 0 Å². The van der Waals surface area contributed by atoms with Crippen molar-refractivity contribution < 1.29 is 31.1 Å². The van der Waals surface area contributed by atoms with Gasteiger partial charge in [0.05, 0.1) is 46.8 Å². The summed E-state index contributed by atoms with van der Waals surface area (Å²) in [7, 11) is 1.36. The maximum absolute atomic E-state index is 14.8. The highest BCUT2D eigenvalue weighted by atomic mass is 19.4. The first-order chi connectivity index (χ1) is 19.0. The van der Waals surface area contributed by atoms with Crippen LogP contribution in [0.4, 0.5) is 32.0 Å². The van der Waals surface area contributed by atoms with E-state index < -0.39 is 52.4 Å². The molecule has 3 heterocycles. The first-order valence-corrected chi connectivity index (χ1v) is 11.7. The van der Waals surface area contributed by atoms with Crippen molar-refractivity contribution in [1.82, 2.24) is 29.7 Å². The Hall–Kier alpha value is -4.34. The van der Waals surface area contributed by atoms with Gasteiger partial charge in [0.25, 0.3) is 17.5 Å². The van der Waals surface area contributed by atoms with Crippen LogP contribution in [0.15, 0.2) is 46.6 Å². The van der Waals surface area contributed by atoms with Crippen molar-refractivity contribution in [3.05, 3.63) is 74.7 Å². The first kappa shape index (κ1) is 28.7. The smallest absolute Gasteiger partial charge is 0.383 e. The van der Waals surface area contributed by atoms with E-state index in [0.29, 0.717) is 0 Å². The molecule has 0 saturated carbocycles. The van der Waals surface area contributed by atoms with Crippen LogP contribution in [0.2, 0.25) is 0 Å². The van der Waals surface area contributed by atoms with Crippen molar-refractivity contribution in [1.29, 1.82) is 0 Å². The molecule has 0 aliphatic heterocycles. The van der Waals surface area contributed by atoms with Crippen LogP contribution in [-0.2, 0) is 17.5 Å². The zero-order chi connectivity index (χ0) is 29.0. The molecule has 0 unspecified atom stereocenters. The van der Waals surface area contributed by atoms with Crippen LogP contribution in [0.1, 0.15) is 30.4 Å². The summed E-state index contributed by atoms with van der Waals surface area (Å²) in [5.74, 6) is -1.01. The minimum Gasteiger partial charge on any atom is -0.383 e. The number of anilines is 1. The number of hydrogen-bond donors (Lipinski definition) is 2. The molecule has 0 aliphatic carbocycles. The Bertz CT molecular complexity index is 1610. The largest absolute Gasteiger partial charge is 0.423 e. The van der Waals surface area contributed by atoms with Crippen LogP contribution in [0.3, 0.4) is 0 Å². The molecule has 4 aromatic rings. The Balaban J connectivity index is 1.50. The number of fused-ring (bicyclic) bond motifs is 1. The van der Waals surface area contributed by atoms with Crippen molar-refractivity contribution in [3.8, 4) is 11.4 Å². The van der Waals surface area contributed by atoms with E-state index in [4.69, 9.17) is 4.74 Å². The number of H-pyrrole nitrogens is 1. The third kappa shape index (κ3) is 6.27. The van der Waals surface area contributed by atoms with Crippen LogP contribution in [0.5, 0.6) is 0 Å². The number of aromatic nitrogens is 6. The highest BCUT2D eigenvalue weighted by Gasteiger charge is 2.37. The van der Waals surface area contributed by atoms with E-state index in [-0.39, 0.29) is 48.3 Å². The van der Waals surface area contributed by atoms with Crippen LogP contribution in [0.25, 0.3) is 22.3 Å². The van der Waals surface area contributed by atoms with E-state index in [9.17, 15) is 35.9 Å². The highest BCUT2D eigenvalue weighted by molar-refractivity contribution is 5.82. The Morgan fingerprint density at radius 2 is 1.82 bits per heavy atom. The van der Waals surface area contributed by atoms with E-state index >= 15 is 0 Å². The van der Waals surface area contributed by atoms with Crippen LogP contribution in [-0.4, -0.2) is 49.5 Å².